The third-order valence-electron chi connectivity index (χ3n) is 0.341. The van der Waals surface area contributed by atoms with Crippen molar-refractivity contribution in [1.82, 2.24) is 0 Å². The Labute approximate surface area is 125 Å². The van der Waals surface area contributed by atoms with Crippen LogP contribution in [0.25, 0.3) is 0 Å². The van der Waals surface area contributed by atoms with Gasteiger partial charge in [-0.15, -0.1) is 0 Å². The smallest absolute Gasteiger partial charge is 0.449 e. The summed E-state index contributed by atoms with van der Waals surface area (Å²) in [6.45, 7) is 0. The second-order valence-corrected chi connectivity index (χ2v) is 0.986. The van der Waals surface area contributed by atoms with Crippen molar-refractivity contribution in [3.05, 3.63) is 0 Å². The predicted octanol–water partition coefficient (Wildman–Crippen LogP) is 0.486. The van der Waals surface area contributed by atoms with Crippen LogP contribution >= 0.6 is 0 Å². The molecular weight excluding hydrogens is 389 g/mol. The zero-order chi connectivity index (χ0) is 8.15. The average Bonchev–Trinajstić information content (AvgIpc) is 1.58. The molecule has 7 nitrogen and oxygen atoms in total. The summed E-state index contributed by atoms with van der Waals surface area (Å²) in [6.07, 6.45) is -5.64. The number of hydrogen-bond donors (Lipinski definition) is 2. The summed E-state index contributed by atoms with van der Waals surface area (Å²) in [4.78, 5) is 28.8. The van der Waals surface area contributed by atoms with Crippen LogP contribution in [0.5, 0.6) is 0 Å². The van der Waals surface area contributed by atoms with Crippen LogP contribution in [0, 0.1) is 0 Å². The quantitative estimate of drug-likeness (QED) is 0.352. The Morgan fingerprint density at radius 1 is 0.786 bits per heavy atom. The molecule has 2 N–H and O–H groups in total. The van der Waals surface area contributed by atoms with Gasteiger partial charge in [0.1, 0.15) is 0 Å². The van der Waals surface area contributed by atoms with Crippen molar-refractivity contribution in [2.75, 3.05) is 0 Å². The van der Waals surface area contributed by atoms with Crippen molar-refractivity contribution in [2.45, 2.75) is 0 Å². The molecule has 0 saturated heterocycles. The molecule has 0 rings (SSSR count). The van der Waals surface area contributed by atoms with E-state index < -0.39 is 18.5 Å². The molecule has 14 heavy (non-hydrogen) atoms. The van der Waals surface area contributed by atoms with Gasteiger partial charge in [-0.05, 0) is 0 Å². The minimum Gasteiger partial charge on any atom is -0.449 e. The average molecular weight is 391 g/mol. The summed E-state index contributed by atoms with van der Waals surface area (Å²) in [5.41, 5.74) is 0. The van der Waals surface area contributed by atoms with Crippen LogP contribution in [0.15, 0.2) is 0 Å². The Balaban J connectivity index is -0.0000000675. The molecule has 0 heterocycles. The number of rotatable bonds is 0. The van der Waals surface area contributed by atoms with E-state index in [-0.39, 0.29) is 73.1 Å². The fourth-order valence-electron chi connectivity index (χ4n) is 0.163. The fourth-order valence-corrected chi connectivity index (χ4v) is 0.163. The molecule has 0 unspecified atom stereocenters. The third kappa shape index (κ3) is 22.9. The van der Waals surface area contributed by atoms with E-state index >= 15 is 0 Å². The van der Waals surface area contributed by atoms with E-state index in [1.54, 1.807) is 0 Å². The van der Waals surface area contributed by atoms with Gasteiger partial charge in [-0.3, -0.25) is 0 Å². The molecule has 0 aliphatic heterocycles. The second kappa shape index (κ2) is 15.9. The predicted molar refractivity (Wildman–Crippen MR) is 23.6 cm³/mol. The zero-order valence-corrected chi connectivity index (χ0v) is 14.9. The largest absolute Gasteiger partial charge is 0.528 e. The van der Waals surface area contributed by atoms with E-state index in [9.17, 15) is 14.4 Å². The van der Waals surface area contributed by atoms with Gasteiger partial charge < -0.3 is 19.7 Å². The first-order valence-corrected chi connectivity index (χ1v) is 1.88. The Morgan fingerprint density at radius 3 is 1.14 bits per heavy atom. The van der Waals surface area contributed by atoms with Crippen LogP contribution in [-0.2, 0) is 82.6 Å². The maximum absolute atomic E-state index is 9.86. The first-order valence-electron chi connectivity index (χ1n) is 1.88. The number of carbonyl (C=O) groups is 3. The number of hydrogen-bond acceptors (Lipinski definition) is 5. The molecule has 0 aromatic heterocycles. The van der Waals surface area contributed by atoms with Gasteiger partial charge in [0.2, 0.25) is 0 Å². The van der Waals surface area contributed by atoms with Crippen molar-refractivity contribution in [3.8, 4) is 0 Å². The molecule has 0 saturated carbocycles. The minimum atomic E-state index is -1.92. The van der Waals surface area contributed by atoms with Crippen LogP contribution in [0.3, 0.4) is 0 Å². The first kappa shape index (κ1) is 29.3. The number of carboxylic acid groups (broad SMARTS) is 2. The van der Waals surface area contributed by atoms with E-state index in [1.165, 1.54) is 0 Å². The van der Waals surface area contributed by atoms with Gasteiger partial charge >= 0.3 is 18.5 Å². The van der Waals surface area contributed by atoms with E-state index in [0.29, 0.717) is 0 Å². The molecule has 0 fully saturated rings. The van der Waals surface area contributed by atoms with Crippen LogP contribution in [0.4, 0.5) is 14.4 Å². The molecule has 2 radical (unpaired) electrons. The van der Waals surface area contributed by atoms with Gasteiger partial charge in [0, 0.05) is 73.1 Å². The normalized spacial score (nSPS) is 5.71. The monoisotopic (exact) mass is 388 g/mol. The molecular formula is C3H2Mn2O7Zn2. The molecule has 74 valence electrons. The zero-order valence-electron chi connectivity index (χ0n) is 6.61. The summed E-state index contributed by atoms with van der Waals surface area (Å²) < 4.78 is 6.47. The van der Waals surface area contributed by atoms with Crippen molar-refractivity contribution < 1.29 is 107 Å². The summed E-state index contributed by atoms with van der Waals surface area (Å²) in [5.74, 6) is 0. The number of ether oxygens (including phenoxy) is 2. The van der Waals surface area contributed by atoms with Crippen LogP contribution in [0.2, 0.25) is 0 Å². The molecule has 0 aromatic rings. The Bertz CT molecular complexity index is 168. The minimum absolute atomic E-state index is 0. The van der Waals surface area contributed by atoms with E-state index in [2.05, 4.69) is 9.47 Å². The molecule has 0 aliphatic rings. The Morgan fingerprint density at radius 2 is 1.00 bits per heavy atom. The third-order valence-corrected chi connectivity index (χ3v) is 0.341. The van der Waals surface area contributed by atoms with Gasteiger partial charge in [-0.25, -0.2) is 14.4 Å². The van der Waals surface area contributed by atoms with Crippen LogP contribution < -0.4 is 0 Å². The molecule has 0 spiro atoms. The summed E-state index contributed by atoms with van der Waals surface area (Å²) in [5, 5.41) is 15.4. The van der Waals surface area contributed by atoms with Crippen molar-refractivity contribution >= 4 is 18.5 Å². The summed E-state index contributed by atoms with van der Waals surface area (Å²) in [6, 6.07) is 0. The number of carbonyl (C=O) groups excluding carboxylic acids is 1. The summed E-state index contributed by atoms with van der Waals surface area (Å²) >= 11 is 0. The Kier molecular flexibility index (Phi) is 33.3. The molecule has 0 atom stereocenters. The molecule has 0 bridgehead atoms. The van der Waals surface area contributed by atoms with Crippen molar-refractivity contribution in [1.29, 1.82) is 0 Å². The maximum atomic E-state index is 9.86. The van der Waals surface area contributed by atoms with Gasteiger partial charge in [0.05, 0.1) is 0 Å². The fraction of sp³-hybridized carbons (Fsp3) is 0. The van der Waals surface area contributed by atoms with Crippen molar-refractivity contribution in [2.24, 2.45) is 0 Å². The van der Waals surface area contributed by atoms with E-state index in [1.807, 2.05) is 0 Å². The topological polar surface area (TPSA) is 110 Å². The SMILES string of the molecule is O=C(O)OC(=O)OC(=O)O.[Mn].[Mn].[Zn].[Zn]. The second-order valence-electron chi connectivity index (χ2n) is 0.986. The van der Waals surface area contributed by atoms with Gasteiger partial charge in [-0.1, -0.05) is 0 Å². The van der Waals surface area contributed by atoms with E-state index in [4.69, 9.17) is 10.2 Å². The first-order chi connectivity index (χ1) is 4.52. The van der Waals surface area contributed by atoms with Crippen LogP contribution in [-0.4, -0.2) is 28.7 Å². The van der Waals surface area contributed by atoms with Crippen molar-refractivity contribution in [3.63, 3.8) is 0 Å². The van der Waals surface area contributed by atoms with Crippen LogP contribution in [0.1, 0.15) is 0 Å². The molecule has 0 aromatic carbocycles. The Hall–Kier alpha value is 0.496. The molecule has 11 heteroatoms. The maximum Gasteiger partial charge on any atom is 0.528 e. The van der Waals surface area contributed by atoms with Gasteiger partial charge in [0.15, 0.2) is 0 Å². The van der Waals surface area contributed by atoms with Gasteiger partial charge in [-0.2, -0.15) is 0 Å². The van der Waals surface area contributed by atoms with E-state index in [0.717, 1.165) is 0 Å². The molecule has 0 amide bonds. The molecule has 0 aliphatic carbocycles. The standard InChI is InChI=1S/C3H2O7.2Mn.2Zn/c4-1(5)9-3(8)10-2(6)7;;;;/h(H,4,5)(H,6,7);;;;. The summed E-state index contributed by atoms with van der Waals surface area (Å²) in [7, 11) is 0. The van der Waals surface area contributed by atoms with Gasteiger partial charge in [0.25, 0.3) is 0 Å².